The Morgan fingerprint density at radius 2 is 0.552 bits per heavy atom. The average molecular weight is 1460 g/mol. The second-order valence-electron chi connectivity index (χ2n) is 38.5. The van der Waals surface area contributed by atoms with E-state index in [0.29, 0.717) is 12.5 Å². The lowest BCUT2D eigenvalue weighted by Gasteiger charge is -2.62. The molecule has 1 aromatic heterocycles. The SMILES string of the molecule is CCCC(CC)CC(CC(CC)(CC)CC)(CC(CC)(CC)CC)CC(CC(CC(CC)(CC)CC)(CC(CC)(CC)CC)CC(CC)(CC)CC)(CC(CC(CC)(CC)CC)(CC(CC)(CC)CC)CC(CC)(CC)CC)CC(C)(CC)C(=O)OCCCCCCn1c2ccccc2c2ccccc21. The van der Waals surface area contributed by atoms with Gasteiger partial charge in [-0.15, -0.1) is 0 Å². The molecule has 3 heteroatoms. The number of esters is 1. The number of unbranched alkanes of at least 4 members (excludes halogenated alkanes) is 3. The third kappa shape index (κ3) is 24.1. The van der Waals surface area contributed by atoms with Crippen molar-refractivity contribution < 1.29 is 9.53 Å². The van der Waals surface area contributed by atoms with Gasteiger partial charge in [0.15, 0.2) is 0 Å². The lowest BCUT2D eigenvalue weighted by atomic mass is 9.43. The lowest BCUT2D eigenvalue weighted by molar-refractivity contribution is -0.163. The molecule has 2 atom stereocenters. The van der Waals surface area contributed by atoms with Gasteiger partial charge in [0.2, 0.25) is 0 Å². The smallest absolute Gasteiger partial charge is 0.311 e. The minimum absolute atomic E-state index is 0.00964. The van der Waals surface area contributed by atoms with Crippen molar-refractivity contribution in [2.75, 3.05) is 6.61 Å². The molecule has 0 radical (unpaired) electrons. The van der Waals surface area contributed by atoms with Gasteiger partial charge in [0.25, 0.3) is 0 Å². The van der Waals surface area contributed by atoms with Crippen LogP contribution in [0.3, 0.4) is 0 Å². The molecule has 3 aromatic rings. The molecule has 0 aliphatic carbocycles. The Bertz CT molecular complexity index is 2480. The maximum atomic E-state index is 17.0. The molecule has 0 fully saturated rings. The largest absolute Gasteiger partial charge is 0.465 e. The van der Waals surface area contributed by atoms with Crippen LogP contribution in [0.4, 0.5) is 0 Å². The molecule has 0 saturated carbocycles. The number of fused-ring (bicyclic) bond motifs is 3. The van der Waals surface area contributed by atoms with E-state index in [4.69, 9.17) is 4.74 Å². The number of benzene rings is 2. The zero-order valence-electron chi connectivity index (χ0n) is 76.7. The third-order valence-electron chi connectivity index (χ3n) is 34.5. The van der Waals surface area contributed by atoms with Crippen LogP contribution in [-0.4, -0.2) is 17.1 Å². The van der Waals surface area contributed by atoms with E-state index in [2.05, 4.69) is 247 Å². The third-order valence-corrected chi connectivity index (χ3v) is 34.5. The maximum Gasteiger partial charge on any atom is 0.311 e. The summed E-state index contributed by atoms with van der Waals surface area (Å²) in [7, 11) is 0. The summed E-state index contributed by atoms with van der Waals surface area (Å²) in [6.45, 7) is 74.5. The zero-order valence-corrected chi connectivity index (χ0v) is 76.7. The molecule has 0 aliphatic heterocycles. The van der Waals surface area contributed by atoms with Gasteiger partial charge in [-0.3, -0.25) is 4.79 Å². The minimum Gasteiger partial charge on any atom is -0.465 e. The van der Waals surface area contributed by atoms with Crippen molar-refractivity contribution in [3.8, 4) is 0 Å². The number of aryl methyl sites for hydroxylation is 1. The number of ether oxygens (including phenoxy) is 1. The molecule has 3 rings (SSSR count). The molecular formula is C102H187NO2. The van der Waals surface area contributed by atoms with Crippen molar-refractivity contribution in [1.82, 2.24) is 4.57 Å². The van der Waals surface area contributed by atoms with Crippen LogP contribution in [0.25, 0.3) is 21.8 Å². The highest BCUT2D eigenvalue weighted by atomic mass is 16.5. The second kappa shape index (κ2) is 44.2. The van der Waals surface area contributed by atoms with Crippen LogP contribution >= 0.6 is 0 Å². The van der Waals surface area contributed by atoms with Crippen molar-refractivity contribution >= 4 is 27.8 Å². The van der Waals surface area contributed by atoms with Gasteiger partial charge in [-0.25, -0.2) is 0 Å². The summed E-state index contributed by atoms with van der Waals surface area (Å²) in [6.07, 6.45) is 54.7. The second-order valence-corrected chi connectivity index (χ2v) is 38.5. The summed E-state index contributed by atoms with van der Waals surface area (Å²) in [5.41, 5.74) is 3.51. The molecule has 3 nitrogen and oxygen atoms in total. The van der Waals surface area contributed by atoms with Crippen LogP contribution in [0.2, 0.25) is 0 Å². The Morgan fingerprint density at radius 1 is 0.305 bits per heavy atom. The fourth-order valence-electron chi connectivity index (χ4n) is 25.2. The highest BCUT2D eigenvalue weighted by molar-refractivity contribution is 6.07. The Balaban J connectivity index is 3.03. The number of rotatable bonds is 62. The van der Waals surface area contributed by atoms with Crippen molar-refractivity contribution in [1.29, 1.82) is 0 Å². The first-order valence-electron chi connectivity index (χ1n) is 47.1. The van der Waals surface area contributed by atoms with Crippen LogP contribution in [-0.2, 0) is 16.1 Å². The van der Waals surface area contributed by atoms with Gasteiger partial charge in [-0.05, 0) is 199 Å². The van der Waals surface area contributed by atoms with Crippen molar-refractivity contribution in [2.24, 2.45) is 76.3 Å². The number of hydrogen-bond donors (Lipinski definition) is 0. The average Bonchev–Trinajstić information content (AvgIpc) is 1.58. The minimum atomic E-state index is -0.694. The van der Waals surface area contributed by atoms with E-state index < -0.39 is 5.41 Å². The molecule has 0 amide bonds. The van der Waals surface area contributed by atoms with Gasteiger partial charge in [0.05, 0.1) is 12.0 Å². The van der Waals surface area contributed by atoms with Gasteiger partial charge in [0, 0.05) is 28.4 Å². The van der Waals surface area contributed by atoms with Crippen molar-refractivity contribution in [3.05, 3.63) is 48.5 Å². The molecule has 2 aromatic carbocycles. The summed E-state index contributed by atoms with van der Waals surface area (Å²) in [5, 5.41) is 2.70. The predicted octanol–water partition coefficient (Wildman–Crippen LogP) is 34.9. The predicted molar refractivity (Wildman–Crippen MR) is 472 cm³/mol. The van der Waals surface area contributed by atoms with Crippen LogP contribution < -0.4 is 0 Å². The number of hydrogen-bond acceptors (Lipinski definition) is 2. The van der Waals surface area contributed by atoms with Gasteiger partial charge in [-0.1, -0.05) is 403 Å². The Labute approximate surface area is 658 Å². The molecule has 0 N–H and O–H groups in total. The molecule has 0 aliphatic rings. The fraction of sp³-hybridized carbons (Fsp3) is 0.873. The number of nitrogens with zero attached hydrogens (tertiary/aromatic N) is 1. The summed E-state index contributed by atoms with van der Waals surface area (Å²) in [5.74, 6) is 0.773. The fourth-order valence-corrected chi connectivity index (χ4v) is 25.2. The molecule has 2 unspecified atom stereocenters. The van der Waals surface area contributed by atoms with Crippen molar-refractivity contribution in [3.63, 3.8) is 0 Å². The molecule has 105 heavy (non-hydrogen) atoms. The van der Waals surface area contributed by atoms with E-state index >= 15 is 4.79 Å². The van der Waals surface area contributed by atoms with Gasteiger partial charge >= 0.3 is 5.97 Å². The van der Waals surface area contributed by atoms with Crippen molar-refractivity contribution in [2.45, 2.75) is 489 Å². The first-order valence-corrected chi connectivity index (χ1v) is 47.1. The van der Waals surface area contributed by atoms with E-state index in [9.17, 15) is 0 Å². The molecule has 612 valence electrons. The molecule has 0 saturated heterocycles. The monoisotopic (exact) mass is 1460 g/mol. The Kier molecular flexibility index (Phi) is 40.8. The van der Waals surface area contributed by atoms with E-state index in [1.54, 1.807) is 0 Å². The number of carbonyl (C=O) groups excluding carboxylic acids is 1. The Hall–Kier alpha value is -2.29. The van der Waals surface area contributed by atoms with E-state index in [1.807, 2.05) is 0 Å². The van der Waals surface area contributed by atoms with Crippen LogP contribution in [0.15, 0.2) is 48.5 Å². The van der Waals surface area contributed by atoms with Gasteiger partial charge in [0.1, 0.15) is 0 Å². The summed E-state index contributed by atoms with van der Waals surface area (Å²) >= 11 is 0. The Morgan fingerprint density at radius 3 is 0.819 bits per heavy atom. The maximum absolute atomic E-state index is 17.0. The van der Waals surface area contributed by atoms with Gasteiger partial charge in [-0.2, -0.15) is 0 Å². The normalized spacial score (nSPS) is 14.8. The quantitative estimate of drug-likeness (QED) is 0.0417. The first-order chi connectivity index (χ1) is 50.0. The summed E-state index contributed by atoms with van der Waals surface area (Å²) in [4.78, 5) is 17.0. The van der Waals surface area contributed by atoms with E-state index in [0.717, 1.165) is 45.1 Å². The number of para-hydroxylation sites is 2. The topological polar surface area (TPSA) is 31.2 Å². The summed E-state index contributed by atoms with van der Waals surface area (Å²) in [6, 6.07) is 18.0. The zero-order chi connectivity index (χ0) is 79.1. The van der Waals surface area contributed by atoms with Crippen LogP contribution in [0.1, 0.15) is 483 Å². The highest BCUT2D eigenvalue weighted by Crippen LogP contribution is 2.71. The van der Waals surface area contributed by atoms with E-state index in [1.165, 1.54) is 272 Å². The van der Waals surface area contributed by atoms with Crippen LogP contribution in [0.5, 0.6) is 0 Å². The summed E-state index contributed by atoms with van der Waals surface area (Å²) < 4.78 is 9.80. The van der Waals surface area contributed by atoms with E-state index in [-0.39, 0.29) is 70.9 Å². The molecule has 1 heterocycles. The number of carbonyl (C=O) groups is 1. The molecule has 0 bridgehead atoms. The van der Waals surface area contributed by atoms with Crippen LogP contribution in [0, 0.1) is 76.3 Å². The molecular weight excluding hydrogens is 1270 g/mol. The highest BCUT2D eigenvalue weighted by Gasteiger charge is 2.60. The molecule has 0 spiro atoms. The first kappa shape index (κ1) is 96.9. The van der Waals surface area contributed by atoms with Gasteiger partial charge < -0.3 is 9.30 Å². The standard InChI is InChI=1S/C102H187NO2/c1-29-64-84(30-2)71-99(73-91(32-4,33-5)34-6,74-92(35-7,36-8)37-9)81-100(82-101(75-93(38-10,39-11)40-12,76-94(41-13,42-14)43-15)77-95(44-16,45-17)46-18,83-102(78-96(47-19,48-20)49-21,79-97(50-22,51-23)52-24)80-98(53-25,54-26)55-27)72-90(28,31-3)89(104)105-70-63-57-56-62-69-103-87-67-60-58-65-85(87)86-66-59-61-68-88(86)103/h58-61,65-68,84H,29-57,62-64,69-83H2,1-28H3. The number of aromatic nitrogens is 1. The lowest BCUT2D eigenvalue weighted by Crippen LogP contribution is -2.52.